The molecule has 2 heteroatoms. The second-order valence-electron chi connectivity index (χ2n) is 11.2. The third-order valence-corrected chi connectivity index (χ3v) is 8.77. The Morgan fingerprint density at radius 1 is 0.395 bits per heavy atom. The van der Waals surface area contributed by atoms with E-state index in [0.29, 0.717) is 0 Å². The molecule has 0 aliphatic rings. The summed E-state index contributed by atoms with van der Waals surface area (Å²) in [4.78, 5) is 5.02. The van der Waals surface area contributed by atoms with Gasteiger partial charge in [-0.15, -0.1) is 0 Å². The highest BCUT2D eigenvalue weighted by atomic mass is 15.0. The Balaban J connectivity index is 1.43. The second kappa shape index (κ2) is 9.40. The molecule has 2 aromatic heterocycles. The third-order valence-electron chi connectivity index (χ3n) is 8.77. The van der Waals surface area contributed by atoms with E-state index in [9.17, 15) is 0 Å². The molecule has 9 rings (SSSR count). The molecule has 2 heterocycles. The number of nitrogens with zero attached hydrogens (tertiary/aromatic N) is 2. The fraction of sp³-hybridized carbons (Fsp3) is 0. The Hall–Kier alpha value is -5.73. The molecule has 0 spiro atoms. The number of imidazole rings is 1. The SMILES string of the molecule is c1ccc(-c2c3ccccc3c(-c3ccccc3)c3cc(-c4cn5c6ccccc6nc5c5ccccc45)ccc23)cc1. The van der Waals surface area contributed by atoms with Crippen LogP contribution in [0.3, 0.4) is 0 Å². The first-order valence-electron chi connectivity index (χ1n) is 14.7. The van der Waals surface area contributed by atoms with Crippen molar-refractivity contribution in [1.82, 2.24) is 9.38 Å². The number of rotatable bonds is 3. The largest absolute Gasteiger partial charge is 0.298 e. The molecule has 0 bridgehead atoms. The molecule has 0 fully saturated rings. The third kappa shape index (κ3) is 3.63. The van der Waals surface area contributed by atoms with Crippen molar-refractivity contribution in [3.05, 3.63) is 158 Å². The zero-order valence-electron chi connectivity index (χ0n) is 23.4. The summed E-state index contributed by atoms with van der Waals surface area (Å²) in [5, 5.41) is 7.40. The van der Waals surface area contributed by atoms with Gasteiger partial charge in [-0.3, -0.25) is 4.40 Å². The highest BCUT2D eigenvalue weighted by molar-refractivity contribution is 6.22. The van der Waals surface area contributed by atoms with Gasteiger partial charge >= 0.3 is 0 Å². The standard InChI is InChI=1S/C41H26N2/c1-3-13-27(14-4-1)39-31-18-8-9-19-32(31)40(28-15-5-2-6-16-28)35-25-29(23-24-33(35)39)36-26-43-38-22-12-11-21-37(38)42-41(43)34-20-10-7-17-30(34)36/h1-26H. The van der Waals surface area contributed by atoms with E-state index in [1.807, 2.05) is 0 Å². The van der Waals surface area contributed by atoms with Crippen LogP contribution in [0.4, 0.5) is 0 Å². The molecule has 200 valence electrons. The number of para-hydroxylation sites is 2. The lowest BCUT2D eigenvalue weighted by atomic mass is 9.84. The minimum Gasteiger partial charge on any atom is -0.298 e. The van der Waals surface area contributed by atoms with Crippen molar-refractivity contribution in [2.24, 2.45) is 0 Å². The van der Waals surface area contributed by atoms with Crippen LogP contribution in [0.1, 0.15) is 0 Å². The maximum absolute atomic E-state index is 5.02. The zero-order chi connectivity index (χ0) is 28.3. The molecular formula is C41H26N2. The lowest BCUT2D eigenvalue weighted by molar-refractivity contribution is 1.25. The molecule has 0 atom stereocenters. The monoisotopic (exact) mass is 546 g/mol. The highest BCUT2D eigenvalue weighted by Gasteiger charge is 2.19. The molecule has 0 aliphatic heterocycles. The van der Waals surface area contributed by atoms with Gasteiger partial charge in [0.15, 0.2) is 0 Å². The zero-order valence-corrected chi connectivity index (χ0v) is 23.4. The fourth-order valence-corrected chi connectivity index (χ4v) is 6.88. The minimum atomic E-state index is 0.990. The van der Waals surface area contributed by atoms with Crippen LogP contribution >= 0.6 is 0 Å². The van der Waals surface area contributed by atoms with E-state index in [1.165, 1.54) is 60.3 Å². The molecule has 0 radical (unpaired) electrons. The average molecular weight is 547 g/mol. The molecule has 2 nitrogen and oxygen atoms in total. The minimum absolute atomic E-state index is 0.990. The van der Waals surface area contributed by atoms with Crippen LogP contribution in [0.25, 0.3) is 82.4 Å². The first-order chi connectivity index (χ1) is 21.3. The summed E-state index contributed by atoms with van der Waals surface area (Å²) >= 11 is 0. The maximum Gasteiger partial charge on any atom is 0.145 e. The van der Waals surface area contributed by atoms with Crippen molar-refractivity contribution < 1.29 is 0 Å². The van der Waals surface area contributed by atoms with Crippen LogP contribution in [0.5, 0.6) is 0 Å². The fourth-order valence-electron chi connectivity index (χ4n) is 6.88. The Morgan fingerprint density at radius 3 is 1.63 bits per heavy atom. The molecule has 0 saturated carbocycles. The predicted molar refractivity (Wildman–Crippen MR) is 182 cm³/mol. The van der Waals surface area contributed by atoms with Gasteiger partial charge in [-0.2, -0.15) is 0 Å². The summed E-state index contributed by atoms with van der Waals surface area (Å²) in [7, 11) is 0. The number of hydrogen-bond donors (Lipinski definition) is 0. The van der Waals surface area contributed by atoms with Crippen LogP contribution in [0.2, 0.25) is 0 Å². The summed E-state index contributed by atoms with van der Waals surface area (Å²) in [6.07, 6.45) is 2.27. The Labute approximate surface area is 249 Å². The lowest BCUT2D eigenvalue weighted by Crippen LogP contribution is -1.93. The summed E-state index contributed by atoms with van der Waals surface area (Å²) in [6.45, 7) is 0. The van der Waals surface area contributed by atoms with Crippen LogP contribution in [-0.2, 0) is 0 Å². The number of pyridine rings is 1. The molecule has 0 unspecified atom stereocenters. The average Bonchev–Trinajstić information content (AvgIpc) is 3.46. The maximum atomic E-state index is 5.02. The van der Waals surface area contributed by atoms with E-state index in [0.717, 1.165) is 22.1 Å². The summed E-state index contributed by atoms with van der Waals surface area (Å²) in [6, 6.07) is 54.6. The van der Waals surface area contributed by atoms with Crippen LogP contribution < -0.4 is 0 Å². The van der Waals surface area contributed by atoms with Crippen LogP contribution in [-0.4, -0.2) is 9.38 Å². The first-order valence-corrected chi connectivity index (χ1v) is 14.7. The molecule has 43 heavy (non-hydrogen) atoms. The number of hydrogen-bond acceptors (Lipinski definition) is 1. The normalized spacial score (nSPS) is 11.7. The number of benzene rings is 7. The van der Waals surface area contributed by atoms with Crippen molar-refractivity contribution >= 4 is 49.0 Å². The summed E-state index contributed by atoms with van der Waals surface area (Å²) in [5.74, 6) is 0. The van der Waals surface area contributed by atoms with Gasteiger partial charge in [0, 0.05) is 17.1 Å². The molecule has 9 aromatic rings. The van der Waals surface area contributed by atoms with E-state index in [1.54, 1.807) is 0 Å². The van der Waals surface area contributed by atoms with Gasteiger partial charge in [0.1, 0.15) is 5.65 Å². The smallest absolute Gasteiger partial charge is 0.145 e. The number of fused-ring (bicyclic) bond motifs is 7. The number of aromatic nitrogens is 2. The Kier molecular flexibility index (Phi) is 5.23. The van der Waals surface area contributed by atoms with Gasteiger partial charge in [-0.05, 0) is 72.9 Å². The Morgan fingerprint density at radius 2 is 0.930 bits per heavy atom. The predicted octanol–water partition coefficient (Wildman–Crippen LogP) is 10.9. The van der Waals surface area contributed by atoms with Gasteiger partial charge in [-0.25, -0.2) is 4.98 Å². The first kappa shape index (κ1) is 23.9. The van der Waals surface area contributed by atoms with E-state index >= 15 is 0 Å². The van der Waals surface area contributed by atoms with Gasteiger partial charge in [0.25, 0.3) is 0 Å². The van der Waals surface area contributed by atoms with Gasteiger partial charge < -0.3 is 0 Å². The van der Waals surface area contributed by atoms with Crippen LogP contribution in [0, 0.1) is 0 Å². The summed E-state index contributed by atoms with van der Waals surface area (Å²) < 4.78 is 2.26. The van der Waals surface area contributed by atoms with Crippen LogP contribution in [0.15, 0.2) is 158 Å². The van der Waals surface area contributed by atoms with Crippen molar-refractivity contribution in [2.75, 3.05) is 0 Å². The van der Waals surface area contributed by atoms with E-state index in [4.69, 9.17) is 4.98 Å². The quantitative estimate of drug-likeness (QED) is 0.201. The van der Waals surface area contributed by atoms with Crippen molar-refractivity contribution in [3.8, 4) is 33.4 Å². The Bertz CT molecular complexity index is 2490. The topological polar surface area (TPSA) is 17.3 Å². The highest BCUT2D eigenvalue weighted by Crippen LogP contribution is 2.45. The molecular weight excluding hydrogens is 520 g/mol. The molecule has 0 N–H and O–H groups in total. The molecule has 0 aliphatic carbocycles. The van der Waals surface area contributed by atoms with Crippen molar-refractivity contribution in [1.29, 1.82) is 0 Å². The van der Waals surface area contributed by atoms with Crippen molar-refractivity contribution in [3.63, 3.8) is 0 Å². The molecule has 7 aromatic carbocycles. The molecule has 0 amide bonds. The van der Waals surface area contributed by atoms with E-state index < -0.39 is 0 Å². The van der Waals surface area contributed by atoms with Gasteiger partial charge in [0.2, 0.25) is 0 Å². The van der Waals surface area contributed by atoms with Crippen molar-refractivity contribution in [2.45, 2.75) is 0 Å². The van der Waals surface area contributed by atoms with Gasteiger partial charge in [0.05, 0.1) is 11.0 Å². The van der Waals surface area contributed by atoms with E-state index in [2.05, 4.69) is 162 Å². The second-order valence-corrected chi connectivity index (χ2v) is 11.2. The summed E-state index contributed by atoms with van der Waals surface area (Å²) in [5.41, 5.74) is 10.5. The van der Waals surface area contributed by atoms with Gasteiger partial charge in [-0.1, -0.05) is 133 Å². The molecule has 0 saturated heterocycles. The lowest BCUT2D eigenvalue weighted by Gasteiger charge is -2.19. The van der Waals surface area contributed by atoms with E-state index in [-0.39, 0.29) is 0 Å².